The number of rotatable bonds is 2. The molecule has 2 rings (SSSR count). The third kappa shape index (κ3) is 1.83. The molecule has 1 aromatic rings. The average Bonchev–Trinajstić information content (AvgIpc) is 2.30. The lowest BCUT2D eigenvalue weighted by molar-refractivity contribution is -0.384. The van der Waals surface area contributed by atoms with Gasteiger partial charge in [0.15, 0.2) is 0 Å². The number of nitrogens with zero attached hydrogens (tertiary/aromatic N) is 4. The molecule has 2 heterocycles. The Balaban J connectivity index is 2.39. The van der Waals surface area contributed by atoms with Gasteiger partial charge in [-0.25, -0.2) is 4.98 Å². The van der Waals surface area contributed by atoms with Crippen molar-refractivity contribution in [1.82, 2.24) is 4.98 Å². The molecule has 0 aliphatic carbocycles. The summed E-state index contributed by atoms with van der Waals surface area (Å²) < 4.78 is 0. The van der Waals surface area contributed by atoms with Gasteiger partial charge in [0.2, 0.25) is 5.82 Å². The first-order valence-corrected chi connectivity index (χ1v) is 4.33. The second kappa shape index (κ2) is 3.87. The highest BCUT2D eigenvalue weighted by Gasteiger charge is 2.18. The molecule has 0 amide bonds. The van der Waals surface area contributed by atoms with E-state index in [2.05, 4.69) is 9.98 Å². The van der Waals surface area contributed by atoms with Crippen LogP contribution < -0.4 is 4.90 Å². The minimum atomic E-state index is -0.443. The lowest BCUT2D eigenvalue weighted by Gasteiger charge is -2.17. The first-order chi connectivity index (χ1) is 7.29. The van der Waals surface area contributed by atoms with Gasteiger partial charge in [-0.3, -0.25) is 15.1 Å². The Morgan fingerprint density at radius 1 is 1.53 bits per heavy atom. The Bertz CT molecular complexity index is 441. The van der Waals surface area contributed by atoms with Crippen LogP contribution in [0.5, 0.6) is 0 Å². The van der Waals surface area contributed by atoms with Crippen LogP contribution in [0.2, 0.25) is 0 Å². The van der Waals surface area contributed by atoms with E-state index in [-0.39, 0.29) is 5.69 Å². The Morgan fingerprint density at radius 3 is 3.07 bits per heavy atom. The fourth-order valence-corrected chi connectivity index (χ4v) is 1.29. The molecule has 0 bridgehead atoms. The summed E-state index contributed by atoms with van der Waals surface area (Å²) >= 11 is 0. The van der Waals surface area contributed by atoms with Crippen LogP contribution in [0, 0.1) is 10.1 Å². The van der Waals surface area contributed by atoms with E-state index in [9.17, 15) is 10.1 Å². The molecular formula is C9H8N4O2. The molecule has 0 saturated heterocycles. The van der Waals surface area contributed by atoms with Crippen LogP contribution in [-0.2, 0) is 0 Å². The van der Waals surface area contributed by atoms with Crippen molar-refractivity contribution in [2.24, 2.45) is 4.99 Å². The molecule has 15 heavy (non-hydrogen) atoms. The van der Waals surface area contributed by atoms with E-state index in [1.165, 1.54) is 12.3 Å². The van der Waals surface area contributed by atoms with Crippen LogP contribution in [0.25, 0.3) is 0 Å². The molecule has 0 N–H and O–H groups in total. The van der Waals surface area contributed by atoms with Crippen molar-refractivity contribution in [1.29, 1.82) is 0 Å². The maximum absolute atomic E-state index is 10.7. The summed E-state index contributed by atoms with van der Waals surface area (Å²) in [4.78, 5) is 19.9. The van der Waals surface area contributed by atoms with E-state index < -0.39 is 4.92 Å². The predicted molar refractivity (Wildman–Crippen MR) is 55.9 cm³/mol. The summed E-state index contributed by atoms with van der Waals surface area (Å²) in [5.74, 6) is 0.338. The zero-order chi connectivity index (χ0) is 10.7. The van der Waals surface area contributed by atoms with Crippen molar-refractivity contribution in [2.75, 3.05) is 11.4 Å². The van der Waals surface area contributed by atoms with Gasteiger partial charge in [-0.1, -0.05) is 0 Å². The Labute approximate surface area is 85.7 Å². The van der Waals surface area contributed by atoms with Crippen molar-refractivity contribution in [3.63, 3.8) is 0 Å². The van der Waals surface area contributed by atoms with E-state index in [4.69, 9.17) is 0 Å². The van der Waals surface area contributed by atoms with Crippen LogP contribution in [-0.4, -0.2) is 22.7 Å². The van der Waals surface area contributed by atoms with Crippen molar-refractivity contribution < 1.29 is 4.92 Å². The number of aliphatic imine (C=N–C) groups is 1. The van der Waals surface area contributed by atoms with E-state index in [1.54, 1.807) is 29.6 Å². The largest absolute Gasteiger partial charge is 0.320 e. The third-order valence-corrected chi connectivity index (χ3v) is 1.95. The van der Waals surface area contributed by atoms with E-state index >= 15 is 0 Å². The van der Waals surface area contributed by atoms with Gasteiger partial charge in [0.1, 0.15) is 0 Å². The molecule has 76 valence electrons. The van der Waals surface area contributed by atoms with E-state index in [1.807, 2.05) is 0 Å². The molecule has 0 saturated carbocycles. The predicted octanol–water partition coefficient (Wildman–Crippen LogP) is 1.35. The minimum absolute atomic E-state index is 0.00236. The van der Waals surface area contributed by atoms with Gasteiger partial charge in [0, 0.05) is 30.9 Å². The zero-order valence-electron chi connectivity index (χ0n) is 7.78. The van der Waals surface area contributed by atoms with Gasteiger partial charge >= 0.3 is 5.69 Å². The van der Waals surface area contributed by atoms with Crippen molar-refractivity contribution >= 4 is 17.7 Å². The average molecular weight is 204 g/mol. The van der Waals surface area contributed by atoms with Crippen LogP contribution in [0.1, 0.15) is 0 Å². The molecule has 0 unspecified atom stereocenters. The van der Waals surface area contributed by atoms with Crippen LogP contribution in [0.4, 0.5) is 11.5 Å². The third-order valence-electron chi connectivity index (χ3n) is 1.95. The number of pyridine rings is 1. The van der Waals surface area contributed by atoms with Gasteiger partial charge in [-0.2, -0.15) is 0 Å². The highest BCUT2D eigenvalue weighted by Crippen LogP contribution is 2.25. The Kier molecular flexibility index (Phi) is 2.40. The lowest BCUT2D eigenvalue weighted by Crippen LogP contribution is -2.22. The number of nitro groups is 1. The maximum atomic E-state index is 10.7. The summed E-state index contributed by atoms with van der Waals surface area (Å²) in [6.07, 6.45) is 6.43. The van der Waals surface area contributed by atoms with Crippen LogP contribution >= 0.6 is 0 Å². The number of hydrogen-bond donors (Lipinski definition) is 0. The molecular weight excluding hydrogens is 196 g/mol. The Morgan fingerprint density at radius 2 is 2.40 bits per heavy atom. The highest BCUT2D eigenvalue weighted by molar-refractivity contribution is 5.71. The minimum Gasteiger partial charge on any atom is -0.320 e. The number of aromatic nitrogens is 1. The van der Waals surface area contributed by atoms with Crippen molar-refractivity contribution in [3.05, 3.63) is 40.8 Å². The maximum Gasteiger partial charge on any atom is 0.311 e. The summed E-state index contributed by atoms with van der Waals surface area (Å²) in [7, 11) is 0. The normalized spacial score (nSPS) is 14.3. The van der Waals surface area contributed by atoms with Crippen molar-refractivity contribution in [3.8, 4) is 0 Å². The monoisotopic (exact) mass is 204 g/mol. The molecule has 0 atom stereocenters. The first kappa shape index (κ1) is 9.32. The van der Waals surface area contributed by atoms with Gasteiger partial charge in [-0.15, -0.1) is 0 Å². The number of hydrogen-bond acceptors (Lipinski definition) is 5. The van der Waals surface area contributed by atoms with E-state index in [0.717, 1.165) is 0 Å². The van der Waals surface area contributed by atoms with Crippen LogP contribution in [0.15, 0.2) is 35.7 Å². The summed E-state index contributed by atoms with van der Waals surface area (Å²) in [5.41, 5.74) is -0.00236. The van der Waals surface area contributed by atoms with Gasteiger partial charge in [-0.05, 0) is 6.07 Å². The summed E-state index contributed by atoms with van der Waals surface area (Å²) in [6.45, 7) is 0.494. The van der Waals surface area contributed by atoms with Gasteiger partial charge in [0.25, 0.3) is 0 Å². The molecule has 1 aromatic heterocycles. The Hall–Kier alpha value is -2.24. The lowest BCUT2D eigenvalue weighted by atomic mass is 10.3. The molecule has 0 spiro atoms. The van der Waals surface area contributed by atoms with Crippen molar-refractivity contribution in [2.45, 2.75) is 0 Å². The molecule has 1 aliphatic heterocycles. The molecule has 6 heteroatoms. The topological polar surface area (TPSA) is 71.6 Å². The second-order valence-corrected chi connectivity index (χ2v) is 2.89. The first-order valence-electron chi connectivity index (χ1n) is 4.33. The zero-order valence-corrected chi connectivity index (χ0v) is 7.78. The standard InChI is InChI=1S/C9H8N4O2/c14-13(15)8-2-1-3-11-9(8)12-6-4-10-5-7-12/h1-6H,7H2. The second-order valence-electron chi connectivity index (χ2n) is 2.89. The molecule has 1 aliphatic rings. The fraction of sp³-hybridized carbons (Fsp3) is 0.111. The SMILES string of the molecule is O=[N+]([O-])c1cccnc1N1C=CN=CC1. The summed E-state index contributed by atoms with van der Waals surface area (Å²) in [6, 6.07) is 2.98. The molecule has 0 fully saturated rings. The molecule has 6 nitrogen and oxygen atoms in total. The fourth-order valence-electron chi connectivity index (χ4n) is 1.29. The quantitative estimate of drug-likeness (QED) is 0.538. The highest BCUT2D eigenvalue weighted by atomic mass is 16.6. The molecule has 0 aromatic carbocycles. The van der Waals surface area contributed by atoms with Gasteiger partial charge < -0.3 is 4.90 Å². The summed E-state index contributed by atoms with van der Waals surface area (Å²) in [5, 5.41) is 10.7. The van der Waals surface area contributed by atoms with E-state index in [0.29, 0.717) is 12.4 Å². The van der Waals surface area contributed by atoms with Crippen LogP contribution in [0.3, 0.4) is 0 Å². The smallest absolute Gasteiger partial charge is 0.311 e. The number of anilines is 1. The molecule has 0 radical (unpaired) electrons. The van der Waals surface area contributed by atoms with Gasteiger partial charge in [0.05, 0.1) is 11.5 Å².